The van der Waals surface area contributed by atoms with Gasteiger partial charge in [0.1, 0.15) is 35.9 Å². The molecule has 1 aliphatic rings. The van der Waals surface area contributed by atoms with Gasteiger partial charge in [-0.15, -0.1) is 0 Å². The molecule has 0 bridgehead atoms. The number of esters is 2. The summed E-state index contributed by atoms with van der Waals surface area (Å²) < 4.78 is 32.9. The SMILES string of the molecule is CCCCCCOC(=O)C(C)(C)N[P@@](=O)(CO[C@H](C)Cn1cnc2c(N)ncnc21)N[C@H](C)C(=O)OC1CCC1. The molecule has 13 nitrogen and oxygen atoms in total. The Morgan fingerprint density at radius 2 is 1.95 bits per heavy atom. The zero-order valence-electron chi connectivity index (χ0n) is 24.2. The first-order valence-corrected chi connectivity index (χ1v) is 15.9. The van der Waals surface area contributed by atoms with Gasteiger partial charge >= 0.3 is 11.9 Å². The van der Waals surface area contributed by atoms with E-state index in [2.05, 4.69) is 32.1 Å². The summed E-state index contributed by atoms with van der Waals surface area (Å²) in [6.45, 7) is 9.32. The zero-order valence-corrected chi connectivity index (χ0v) is 25.1. The summed E-state index contributed by atoms with van der Waals surface area (Å²) in [6.07, 6.45) is 8.65. The van der Waals surface area contributed by atoms with Crippen LogP contribution in [-0.2, 0) is 34.9 Å². The van der Waals surface area contributed by atoms with Crippen LogP contribution in [0.25, 0.3) is 11.2 Å². The number of unbranched alkanes of at least 4 members (excludes halogenated alkanes) is 3. The quantitative estimate of drug-likeness (QED) is 0.141. The van der Waals surface area contributed by atoms with E-state index in [0.29, 0.717) is 17.7 Å². The zero-order chi connectivity index (χ0) is 29.3. The van der Waals surface area contributed by atoms with Crippen LogP contribution >= 0.6 is 7.44 Å². The van der Waals surface area contributed by atoms with Crippen molar-refractivity contribution >= 4 is 36.4 Å². The van der Waals surface area contributed by atoms with Gasteiger partial charge in [0.2, 0.25) is 7.44 Å². The number of nitrogens with two attached hydrogens (primary N) is 1. The van der Waals surface area contributed by atoms with Gasteiger partial charge in [-0.3, -0.25) is 14.2 Å². The second kappa shape index (κ2) is 14.3. The maximum Gasteiger partial charge on any atom is 0.326 e. The number of anilines is 1. The molecule has 2 heterocycles. The lowest BCUT2D eigenvalue weighted by atomic mass is 9.96. The lowest BCUT2D eigenvalue weighted by Crippen LogP contribution is -2.50. The third kappa shape index (κ3) is 8.95. The Kier molecular flexibility index (Phi) is 11.4. The Balaban J connectivity index is 1.66. The summed E-state index contributed by atoms with van der Waals surface area (Å²) in [5.41, 5.74) is 5.60. The first kappa shape index (κ1) is 31.9. The molecule has 0 aliphatic heterocycles. The fourth-order valence-corrected chi connectivity index (χ4v) is 6.58. The minimum Gasteiger partial charge on any atom is -0.464 e. The number of hydrogen-bond acceptors (Lipinski definition) is 10. The third-order valence-electron chi connectivity index (χ3n) is 6.72. The van der Waals surface area contributed by atoms with Crippen molar-refractivity contribution < 1.29 is 28.4 Å². The lowest BCUT2D eigenvalue weighted by Gasteiger charge is -2.33. The molecule has 40 heavy (non-hydrogen) atoms. The van der Waals surface area contributed by atoms with E-state index in [4.69, 9.17) is 19.9 Å². The number of ether oxygens (including phenoxy) is 3. The van der Waals surface area contributed by atoms with Gasteiger partial charge in [0.05, 0.1) is 25.6 Å². The van der Waals surface area contributed by atoms with Gasteiger partial charge in [-0.1, -0.05) is 26.2 Å². The van der Waals surface area contributed by atoms with Gasteiger partial charge in [0.15, 0.2) is 11.5 Å². The molecular weight excluding hydrogens is 537 g/mol. The normalized spacial score (nSPS) is 17.1. The van der Waals surface area contributed by atoms with Crippen molar-refractivity contribution in [3.63, 3.8) is 0 Å². The van der Waals surface area contributed by atoms with Gasteiger partial charge in [-0.05, 0) is 53.4 Å². The molecule has 0 amide bonds. The molecule has 0 saturated heterocycles. The first-order valence-electron chi connectivity index (χ1n) is 14.0. The highest BCUT2D eigenvalue weighted by Crippen LogP contribution is 2.40. The lowest BCUT2D eigenvalue weighted by molar-refractivity contribution is -0.154. The molecule has 0 aromatic carbocycles. The van der Waals surface area contributed by atoms with Crippen LogP contribution < -0.4 is 15.9 Å². The predicted octanol–water partition coefficient (Wildman–Crippen LogP) is 3.53. The highest BCUT2D eigenvalue weighted by Gasteiger charge is 2.40. The van der Waals surface area contributed by atoms with Crippen LogP contribution in [0.3, 0.4) is 0 Å². The molecule has 3 rings (SSSR count). The average molecular weight is 582 g/mol. The van der Waals surface area contributed by atoms with Gasteiger partial charge < -0.3 is 24.5 Å². The Morgan fingerprint density at radius 1 is 1.20 bits per heavy atom. The van der Waals surface area contributed by atoms with Crippen molar-refractivity contribution in [2.75, 3.05) is 18.7 Å². The average Bonchev–Trinajstić information content (AvgIpc) is 3.28. The van der Waals surface area contributed by atoms with Crippen molar-refractivity contribution in [2.45, 2.75) is 110 Å². The van der Waals surface area contributed by atoms with Gasteiger partial charge in [-0.25, -0.2) is 25.1 Å². The molecule has 3 atom stereocenters. The van der Waals surface area contributed by atoms with E-state index in [1.165, 1.54) is 6.33 Å². The molecule has 1 fully saturated rings. The smallest absolute Gasteiger partial charge is 0.326 e. The molecule has 0 radical (unpaired) electrons. The molecule has 1 saturated carbocycles. The maximum absolute atomic E-state index is 14.2. The van der Waals surface area contributed by atoms with Crippen molar-refractivity contribution in [2.24, 2.45) is 0 Å². The monoisotopic (exact) mass is 581 g/mol. The van der Waals surface area contributed by atoms with E-state index in [-0.39, 0.29) is 24.9 Å². The van der Waals surface area contributed by atoms with Crippen molar-refractivity contribution in [1.29, 1.82) is 0 Å². The van der Waals surface area contributed by atoms with Crippen molar-refractivity contribution in [1.82, 2.24) is 29.7 Å². The topological polar surface area (TPSA) is 173 Å². The molecule has 0 spiro atoms. The molecule has 4 N–H and O–H groups in total. The minimum atomic E-state index is -3.68. The fourth-order valence-electron chi connectivity index (χ4n) is 4.19. The van der Waals surface area contributed by atoms with E-state index in [0.717, 1.165) is 44.9 Å². The summed E-state index contributed by atoms with van der Waals surface area (Å²) in [7, 11) is -3.68. The molecule has 1 aliphatic carbocycles. The van der Waals surface area contributed by atoms with Crippen molar-refractivity contribution in [3.05, 3.63) is 12.7 Å². The first-order chi connectivity index (χ1) is 18.9. The predicted molar refractivity (Wildman–Crippen MR) is 151 cm³/mol. The standard InChI is InChI=1S/C26H44N7O6P/c1-6-7-8-9-13-37-25(35)26(4,5)32-40(36,31-19(3)24(34)39-20-11-10-12-20)17-38-18(2)14-33-16-30-21-22(27)28-15-29-23(21)33/h15-16,18-20H,6-14,17H2,1-5H3,(H2,27,28,29)(H2,31,32,36)/t18-,19-,40-/m1/s1. The summed E-state index contributed by atoms with van der Waals surface area (Å²) in [5, 5.41) is 5.79. The Bertz CT molecular complexity index is 1190. The van der Waals surface area contributed by atoms with E-state index in [1.54, 1.807) is 31.7 Å². The van der Waals surface area contributed by atoms with Crippen molar-refractivity contribution in [3.8, 4) is 0 Å². The number of nitrogens with zero attached hydrogens (tertiary/aromatic N) is 4. The number of fused-ring (bicyclic) bond motifs is 1. The van der Waals surface area contributed by atoms with Gasteiger partial charge in [0.25, 0.3) is 0 Å². The van der Waals surface area contributed by atoms with Gasteiger partial charge in [-0.2, -0.15) is 0 Å². The van der Waals surface area contributed by atoms with Gasteiger partial charge in [0, 0.05) is 0 Å². The fraction of sp³-hybridized carbons (Fsp3) is 0.731. The number of imidazole rings is 1. The van der Waals surface area contributed by atoms with Crippen LogP contribution in [0.15, 0.2) is 12.7 Å². The van der Waals surface area contributed by atoms with E-state index in [9.17, 15) is 14.2 Å². The second-order valence-corrected chi connectivity index (χ2v) is 13.2. The highest BCUT2D eigenvalue weighted by atomic mass is 31.2. The van der Waals surface area contributed by atoms with Crippen LogP contribution in [0.4, 0.5) is 5.82 Å². The molecule has 14 heteroatoms. The van der Waals surface area contributed by atoms with Crippen LogP contribution in [-0.4, -0.2) is 68.2 Å². The van der Waals surface area contributed by atoms with E-state index in [1.807, 2.05) is 6.92 Å². The van der Waals surface area contributed by atoms with Crippen LogP contribution in [0.2, 0.25) is 0 Å². The molecule has 2 aromatic rings. The number of nitrogen functional groups attached to an aromatic ring is 1. The van der Waals surface area contributed by atoms with E-state index < -0.39 is 37.1 Å². The molecule has 224 valence electrons. The van der Waals surface area contributed by atoms with Crippen LogP contribution in [0, 0.1) is 0 Å². The summed E-state index contributed by atoms with van der Waals surface area (Å²) in [5.74, 6) is -0.762. The Hall–Kier alpha value is -2.60. The maximum atomic E-state index is 14.2. The Morgan fingerprint density at radius 3 is 2.62 bits per heavy atom. The number of hydrogen-bond donors (Lipinski definition) is 3. The van der Waals surface area contributed by atoms with E-state index >= 15 is 0 Å². The number of carbonyl (C=O) groups is 2. The number of aromatic nitrogens is 4. The number of rotatable bonds is 17. The number of nitrogens with one attached hydrogen (secondary N) is 2. The Labute approximate surface area is 235 Å². The minimum absolute atomic E-state index is 0.109. The number of carbonyl (C=O) groups excluding carboxylic acids is 2. The van der Waals surface area contributed by atoms with Crippen LogP contribution in [0.5, 0.6) is 0 Å². The second-order valence-electron chi connectivity index (χ2n) is 10.9. The molecule has 0 unspecified atom stereocenters. The van der Waals surface area contributed by atoms with Crippen LogP contribution in [0.1, 0.15) is 79.6 Å². The summed E-state index contributed by atoms with van der Waals surface area (Å²) in [6, 6.07) is -0.893. The highest BCUT2D eigenvalue weighted by molar-refractivity contribution is 7.59. The molecular formula is C26H44N7O6P. The largest absolute Gasteiger partial charge is 0.464 e. The summed E-state index contributed by atoms with van der Waals surface area (Å²) >= 11 is 0. The molecule has 2 aromatic heterocycles. The third-order valence-corrected chi connectivity index (χ3v) is 8.95. The summed E-state index contributed by atoms with van der Waals surface area (Å²) in [4.78, 5) is 38.0.